The van der Waals surface area contributed by atoms with Gasteiger partial charge in [0.25, 0.3) is 0 Å². The molecule has 0 saturated heterocycles. The van der Waals surface area contributed by atoms with Crippen LogP contribution in [-0.2, 0) is 42.1 Å². The quantitative estimate of drug-likeness (QED) is 0.0859. The average Bonchev–Trinajstić information content (AvgIpc) is 3.33. The molecule has 8 aromatic carbocycles. The Labute approximate surface area is 394 Å². The number of para-hydroxylation sites is 8. The SMILES string of the molecule is C(=Nc1ccccc1)[N-]c1ccccc1.C(=Nc1ccccc1)[N-]c1ccccc1.C(=Nc1ccccc1)[N-]c1ccccc1.C(=Nc1ccccc1)[N-]c1ccccc1.[Pt+2].[Pt+2]. The molecule has 8 nitrogen and oxygen atoms in total. The standard InChI is InChI=1S/4C13H11N2.2Pt/c4*1-3-7-12(8-4-1)14-11-15-13-9-5-2-6-10-13;;/h4*1-11H;;/q4*-1;2*+2. The summed E-state index contributed by atoms with van der Waals surface area (Å²) in [6, 6.07) is 78.0. The minimum atomic E-state index is 0. The third kappa shape index (κ3) is 21.9. The number of hydrogen-bond acceptors (Lipinski definition) is 4. The summed E-state index contributed by atoms with van der Waals surface area (Å²) < 4.78 is 0. The molecule has 0 radical (unpaired) electrons. The Morgan fingerprint density at radius 3 is 0.516 bits per heavy atom. The summed E-state index contributed by atoms with van der Waals surface area (Å²) in [6.45, 7) is 0. The molecular formula is C52H44N8Pt2. The molecule has 8 rings (SSSR count). The molecule has 312 valence electrons. The Hall–Kier alpha value is -6.98. The van der Waals surface area contributed by atoms with E-state index in [1.807, 2.05) is 243 Å². The van der Waals surface area contributed by atoms with Crippen molar-refractivity contribution in [1.29, 1.82) is 0 Å². The second-order valence-corrected chi connectivity index (χ2v) is 12.2. The van der Waals surface area contributed by atoms with Gasteiger partial charge in [0.15, 0.2) is 0 Å². The van der Waals surface area contributed by atoms with Gasteiger partial charge >= 0.3 is 42.1 Å². The molecule has 8 aromatic rings. The van der Waals surface area contributed by atoms with Gasteiger partial charge < -0.3 is 41.2 Å². The van der Waals surface area contributed by atoms with Crippen LogP contribution in [-0.4, -0.2) is 25.4 Å². The third-order valence-corrected chi connectivity index (χ3v) is 7.70. The normalized spacial score (nSPS) is 10.1. The van der Waals surface area contributed by atoms with Gasteiger partial charge in [0.1, 0.15) is 0 Å². The summed E-state index contributed by atoms with van der Waals surface area (Å²) in [7, 11) is 0. The van der Waals surface area contributed by atoms with E-state index in [0.717, 1.165) is 45.5 Å². The predicted octanol–water partition coefficient (Wildman–Crippen LogP) is 16.2. The molecule has 0 aliphatic heterocycles. The maximum atomic E-state index is 4.21. The van der Waals surface area contributed by atoms with Gasteiger partial charge in [-0.15, -0.1) is 0 Å². The first-order chi connectivity index (χ1) is 29.8. The molecule has 0 aliphatic carbocycles. The van der Waals surface area contributed by atoms with Crippen LogP contribution < -0.4 is 0 Å². The van der Waals surface area contributed by atoms with Gasteiger partial charge in [0, 0.05) is 0 Å². The van der Waals surface area contributed by atoms with Crippen molar-refractivity contribution in [1.82, 2.24) is 0 Å². The van der Waals surface area contributed by atoms with Gasteiger partial charge in [0.2, 0.25) is 0 Å². The van der Waals surface area contributed by atoms with Crippen LogP contribution in [0.1, 0.15) is 0 Å². The van der Waals surface area contributed by atoms with Crippen molar-refractivity contribution in [3.8, 4) is 0 Å². The summed E-state index contributed by atoms with van der Waals surface area (Å²) in [5.41, 5.74) is 7.31. The van der Waals surface area contributed by atoms with Crippen LogP contribution >= 0.6 is 0 Å². The largest absolute Gasteiger partial charge is 2.00 e. The minimum Gasteiger partial charge on any atom is -0.443 e. The average molecular weight is 1170 g/mol. The van der Waals surface area contributed by atoms with Crippen molar-refractivity contribution in [2.24, 2.45) is 20.0 Å². The van der Waals surface area contributed by atoms with E-state index in [1.165, 1.54) is 0 Å². The van der Waals surface area contributed by atoms with Gasteiger partial charge in [-0.2, -0.15) is 0 Å². The van der Waals surface area contributed by atoms with Crippen LogP contribution in [0, 0.1) is 0 Å². The predicted molar refractivity (Wildman–Crippen MR) is 256 cm³/mol. The van der Waals surface area contributed by atoms with Crippen LogP contribution in [0.3, 0.4) is 0 Å². The summed E-state index contributed by atoms with van der Waals surface area (Å²) >= 11 is 0. The molecule has 0 atom stereocenters. The maximum Gasteiger partial charge on any atom is 2.00 e. The van der Waals surface area contributed by atoms with Gasteiger partial charge in [-0.3, -0.25) is 0 Å². The summed E-state index contributed by atoms with van der Waals surface area (Å²) in [5.74, 6) is 0. The molecule has 0 heterocycles. The maximum absolute atomic E-state index is 4.21. The van der Waals surface area contributed by atoms with Crippen LogP contribution in [0.25, 0.3) is 21.3 Å². The molecule has 0 bridgehead atoms. The molecular weight excluding hydrogens is 1130 g/mol. The molecule has 0 N–H and O–H groups in total. The fraction of sp³-hybridized carbons (Fsp3) is 0. The minimum absolute atomic E-state index is 0. The van der Waals surface area contributed by atoms with E-state index in [1.54, 1.807) is 25.4 Å². The molecule has 0 spiro atoms. The van der Waals surface area contributed by atoms with Gasteiger partial charge in [0.05, 0.1) is 0 Å². The molecule has 0 fully saturated rings. The molecule has 0 amide bonds. The first kappa shape index (κ1) is 49.4. The van der Waals surface area contributed by atoms with Crippen molar-refractivity contribution in [2.45, 2.75) is 0 Å². The number of nitrogens with zero attached hydrogens (tertiary/aromatic N) is 8. The van der Waals surface area contributed by atoms with Gasteiger partial charge in [-0.1, -0.05) is 268 Å². The second-order valence-electron chi connectivity index (χ2n) is 12.2. The number of hydrogen-bond donors (Lipinski definition) is 0. The molecule has 0 saturated carbocycles. The van der Waals surface area contributed by atoms with Crippen molar-refractivity contribution in [3.05, 3.63) is 264 Å². The Balaban J connectivity index is 0.000000218. The summed E-state index contributed by atoms with van der Waals surface area (Å²) in [6.07, 6.45) is 6.30. The monoisotopic (exact) mass is 1170 g/mol. The van der Waals surface area contributed by atoms with Crippen LogP contribution in [0.4, 0.5) is 45.5 Å². The van der Waals surface area contributed by atoms with E-state index in [2.05, 4.69) is 41.2 Å². The molecule has 0 aliphatic rings. The summed E-state index contributed by atoms with van der Waals surface area (Å²) in [5, 5.41) is 16.8. The fourth-order valence-electron chi connectivity index (χ4n) is 4.76. The van der Waals surface area contributed by atoms with Crippen molar-refractivity contribution < 1.29 is 42.1 Å². The van der Waals surface area contributed by atoms with E-state index >= 15 is 0 Å². The van der Waals surface area contributed by atoms with E-state index in [-0.39, 0.29) is 42.1 Å². The molecule has 62 heavy (non-hydrogen) atoms. The summed E-state index contributed by atoms with van der Waals surface area (Å²) in [4.78, 5) is 16.8. The number of aliphatic imine (C=N–C) groups is 4. The molecule has 0 unspecified atom stereocenters. The zero-order valence-electron chi connectivity index (χ0n) is 33.6. The topological polar surface area (TPSA) is 106 Å². The Bertz CT molecular complexity index is 2040. The van der Waals surface area contributed by atoms with E-state index in [0.29, 0.717) is 0 Å². The van der Waals surface area contributed by atoms with E-state index in [4.69, 9.17) is 0 Å². The first-order valence-electron chi connectivity index (χ1n) is 19.1. The van der Waals surface area contributed by atoms with Gasteiger partial charge in [-0.25, -0.2) is 0 Å². The van der Waals surface area contributed by atoms with E-state index in [9.17, 15) is 0 Å². The third-order valence-electron chi connectivity index (χ3n) is 7.70. The van der Waals surface area contributed by atoms with Crippen LogP contribution in [0.2, 0.25) is 0 Å². The zero-order valence-corrected chi connectivity index (χ0v) is 38.2. The van der Waals surface area contributed by atoms with Crippen molar-refractivity contribution >= 4 is 70.9 Å². The van der Waals surface area contributed by atoms with Crippen molar-refractivity contribution in [2.75, 3.05) is 0 Å². The van der Waals surface area contributed by atoms with Crippen LogP contribution in [0.15, 0.2) is 263 Å². The number of benzene rings is 8. The Morgan fingerprint density at radius 2 is 0.355 bits per heavy atom. The zero-order chi connectivity index (χ0) is 41.4. The smallest absolute Gasteiger partial charge is 0.443 e. The second kappa shape index (κ2) is 31.9. The van der Waals surface area contributed by atoms with E-state index < -0.39 is 0 Å². The molecule has 10 heteroatoms. The van der Waals surface area contributed by atoms with Crippen molar-refractivity contribution in [3.63, 3.8) is 0 Å². The molecule has 0 aromatic heterocycles. The Morgan fingerprint density at radius 1 is 0.210 bits per heavy atom. The fourth-order valence-corrected chi connectivity index (χ4v) is 4.76. The Kier molecular flexibility index (Phi) is 25.4. The van der Waals surface area contributed by atoms with Gasteiger partial charge in [-0.05, 0) is 45.5 Å². The van der Waals surface area contributed by atoms with Crippen LogP contribution in [0.5, 0.6) is 0 Å². The first-order valence-corrected chi connectivity index (χ1v) is 19.1. The number of rotatable bonds is 12.